The molecule has 0 radical (unpaired) electrons. The maximum Gasteiger partial charge on any atom is 0.573 e. The molecule has 28 heavy (non-hydrogen) atoms. The van der Waals surface area contributed by atoms with Gasteiger partial charge in [0, 0.05) is 17.4 Å². The van der Waals surface area contributed by atoms with Crippen molar-refractivity contribution < 1.29 is 36.9 Å². The molecule has 1 aromatic carbocycles. The van der Waals surface area contributed by atoms with Gasteiger partial charge in [0.1, 0.15) is 5.75 Å². The third-order valence-corrected chi connectivity index (χ3v) is 4.62. The summed E-state index contributed by atoms with van der Waals surface area (Å²) in [5.41, 5.74) is 0.655. The first-order chi connectivity index (χ1) is 13.4. The van der Waals surface area contributed by atoms with E-state index in [0.29, 0.717) is 37.9 Å². The second-order valence-corrected chi connectivity index (χ2v) is 6.94. The van der Waals surface area contributed by atoms with Gasteiger partial charge in [0.15, 0.2) is 12.6 Å². The van der Waals surface area contributed by atoms with Gasteiger partial charge in [-0.25, -0.2) is 0 Å². The normalized spacial score (nSPS) is 29.1. The second-order valence-electron chi connectivity index (χ2n) is 6.94. The Kier molecular flexibility index (Phi) is 7.34. The number of halogens is 3. The minimum absolute atomic E-state index is 0.194. The molecule has 0 atom stereocenters. The molecular weight excluding hydrogens is 377 g/mol. The summed E-state index contributed by atoms with van der Waals surface area (Å²) >= 11 is 0. The summed E-state index contributed by atoms with van der Waals surface area (Å²) in [6.07, 6.45) is 0.229. The summed E-state index contributed by atoms with van der Waals surface area (Å²) in [6, 6.07) is 5.52. The Hall–Kier alpha value is -1.61. The van der Waals surface area contributed by atoms with Crippen LogP contribution >= 0.6 is 0 Å². The van der Waals surface area contributed by atoms with Gasteiger partial charge in [0.2, 0.25) is 0 Å². The average Bonchev–Trinajstić information content (AvgIpc) is 2.68. The van der Waals surface area contributed by atoms with Crippen LogP contribution in [0.3, 0.4) is 0 Å². The van der Waals surface area contributed by atoms with Crippen LogP contribution in [0.4, 0.5) is 13.2 Å². The van der Waals surface area contributed by atoms with Crippen molar-refractivity contribution >= 4 is 0 Å². The summed E-state index contributed by atoms with van der Waals surface area (Å²) in [7, 11) is 0. The number of hydrogen-bond donors (Lipinski definition) is 0. The predicted octanol–water partition coefficient (Wildman–Crippen LogP) is 4.59. The van der Waals surface area contributed by atoms with Crippen molar-refractivity contribution in [1.82, 2.24) is 0 Å². The zero-order valence-electron chi connectivity index (χ0n) is 15.7. The van der Waals surface area contributed by atoms with E-state index in [0.717, 1.165) is 12.8 Å². The first-order valence-electron chi connectivity index (χ1n) is 9.38. The zero-order valence-corrected chi connectivity index (χ0v) is 15.7. The average molecular weight is 402 g/mol. The molecule has 2 heterocycles. The molecule has 1 aromatic rings. The maximum atomic E-state index is 12.2. The van der Waals surface area contributed by atoms with Crippen LogP contribution in [0.1, 0.15) is 31.6 Å². The van der Waals surface area contributed by atoms with Crippen molar-refractivity contribution in [2.45, 2.75) is 38.7 Å². The molecule has 2 aliphatic heterocycles. The van der Waals surface area contributed by atoms with E-state index in [2.05, 4.69) is 10.8 Å². The summed E-state index contributed by atoms with van der Waals surface area (Å²) in [6.45, 7) is 4.34. The first-order valence-corrected chi connectivity index (χ1v) is 9.38. The van der Waals surface area contributed by atoms with Gasteiger partial charge in [-0.2, -0.15) is 0 Å². The van der Waals surface area contributed by atoms with Crippen LogP contribution in [0.2, 0.25) is 0 Å². The molecule has 0 unspecified atom stereocenters. The van der Waals surface area contributed by atoms with Crippen LogP contribution in [0.25, 0.3) is 0 Å². The zero-order chi connectivity index (χ0) is 20.0. The lowest BCUT2D eigenvalue weighted by atomic mass is 10.0. The minimum Gasteiger partial charge on any atom is -0.406 e. The topological polar surface area (TPSA) is 46.2 Å². The van der Waals surface area contributed by atoms with Gasteiger partial charge in [0.05, 0.1) is 26.4 Å². The van der Waals surface area contributed by atoms with E-state index >= 15 is 0 Å². The Morgan fingerprint density at radius 3 is 2.18 bits per heavy atom. The van der Waals surface area contributed by atoms with E-state index < -0.39 is 12.7 Å². The van der Waals surface area contributed by atoms with Crippen LogP contribution in [0.15, 0.2) is 36.4 Å². The number of benzene rings is 1. The number of rotatable bonds is 6. The Labute approximate surface area is 162 Å². The molecule has 3 rings (SSSR count). The summed E-state index contributed by atoms with van der Waals surface area (Å²) in [4.78, 5) is 0. The smallest absolute Gasteiger partial charge is 0.406 e. The number of allylic oxidation sites excluding steroid dienone is 1. The van der Waals surface area contributed by atoms with Crippen LogP contribution < -0.4 is 4.74 Å². The summed E-state index contributed by atoms with van der Waals surface area (Å²) in [5.74, 6) is 0.273. The highest BCUT2D eigenvalue weighted by atomic mass is 19.4. The van der Waals surface area contributed by atoms with E-state index in [9.17, 15) is 13.2 Å². The largest absolute Gasteiger partial charge is 0.573 e. The fourth-order valence-electron chi connectivity index (χ4n) is 3.21. The van der Waals surface area contributed by atoms with E-state index in [1.54, 1.807) is 0 Å². The molecule has 0 N–H and O–H groups in total. The molecule has 0 amide bonds. The molecule has 5 nitrogen and oxygen atoms in total. The Balaban J connectivity index is 1.38. The van der Waals surface area contributed by atoms with Crippen molar-refractivity contribution in [3.63, 3.8) is 0 Å². The number of alkyl halides is 3. The minimum atomic E-state index is -4.70. The van der Waals surface area contributed by atoms with Gasteiger partial charge in [0.25, 0.3) is 0 Å². The standard InChI is InChI=1S/C20H25F3O5/c1-2-3-14-10-24-18(25-11-14)9-4-15-12-26-19(27-13-15)16-5-7-17(8-6-16)28-20(21,22)23/h2-3,5-8,14-15,18-19H,4,9-13H2,1H3/b3-2-. The van der Waals surface area contributed by atoms with Gasteiger partial charge in [-0.15, -0.1) is 13.2 Å². The third-order valence-electron chi connectivity index (χ3n) is 4.62. The molecule has 8 heteroatoms. The molecule has 2 fully saturated rings. The highest BCUT2D eigenvalue weighted by molar-refractivity contribution is 5.28. The Bertz CT molecular complexity index is 616. The summed E-state index contributed by atoms with van der Waals surface area (Å²) < 4.78 is 63.4. The first kappa shape index (κ1) is 21.1. The van der Waals surface area contributed by atoms with Gasteiger partial charge in [-0.1, -0.05) is 24.3 Å². The molecule has 0 spiro atoms. The third kappa shape index (κ3) is 6.48. The number of ether oxygens (including phenoxy) is 5. The van der Waals surface area contributed by atoms with Gasteiger partial charge in [-0.3, -0.25) is 0 Å². The maximum absolute atomic E-state index is 12.2. The monoisotopic (exact) mass is 402 g/mol. The highest BCUT2D eigenvalue weighted by Gasteiger charge is 2.31. The van der Waals surface area contributed by atoms with Crippen LogP contribution in [-0.2, 0) is 18.9 Å². The van der Waals surface area contributed by atoms with Crippen molar-refractivity contribution in [3.8, 4) is 5.75 Å². The lowest BCUT2D eigenvalue weighted by Gasteiger charge is -2.32. The molecule has 2 aliphatic rings. The van der Waals surface area contributed by atoms with Gasteiger partial charge < -0.3 is 23.7 Å². The van der Waals surface area contributed by atoms with Crippen LogP contribution in [0.5, 0.6) is 5.75 Å². The second kappa shape index (κ2) is 9.73. The number of hydrogen-bond acceptors (Lipinski definition) is 5. The fraction of sp³-hybridized carbons (Fsp3) is 0.600. The molecule has 156 valence electrons. The van der Waals surface area contributed by atoms with Crippen LogP contribution in [0, 0.1) is 11.8 Å². The SMILES string of the molecule is C/C=C\C1COC(CCC2COC(c3ccc(OC(F)(F)F)cc3)OC2)OC1. The lowest BCUT2D eigenvalue weighted by molar-refractivity contribution is -0.274. The Morgan fingerprint density at radius 2 is 1.61 bits per heavy atom. The van der Waals surface area contributed by atoms with E-state index in [4.69, 9.17) is 18.9 Å². The molecule has 0 aliphatic carbocycles. The highest BCUT2D eigenvalue weighted by Crippen LogP contribution is 2.30. The van der Waals surface area contributed by atoms with Crippen molar-refractivity contribution in [1.29, 1.82) is 0 Å². The molecule has 2 saturated heterocycles. The quantitative estimate of drug-likeness (QED) is 0.652. The Morgan fingerprint density at radius 1 is 0.964 bits per heavy atom. The van der Waals surface area contributed by atoms with Crippen molar-refractivity contribution in [2.75, 3.05) is 26.4 Å². The predicted molar refractivity (Wildman–Crippen MR) is 94.5 cm³/mol. The van der Waals surface area contributed by atoms with Gasteiger partial charge >= 0.3 is 6.36 Å². The summed E-state index contributed by atoms with van der Waals surface area (Å²) in [5, 5.41) is 0. The molecule has 0 bridgehead atoms. The molecule has 0 saturated carbocycles. The van der Waals surface area contributed by atoms with E-state index in [1.807, 2.05) is 13.0 Å². The van der Waals surface area contributed by atoms with Gasteiger partial charge in [-0.05, 0) is 31.9 Å². The van der Waals surface area contributed by atoms with Crippen molar-refractivity contribution in [3.05, 3.63) is 42.0 Å². The van der Waals surface area contributed by atoms with Crippen LogP contribution in [-0.4, -0.2) is 39.1 Å². The van der Waals surface area contributed by atoms with E-state index in [1.165, 1.54) is 24.3 Å². The fourth-order valence-corrected chi connectivity index (χ4v) is 3.21. The molecular formula is C20H25F3O5. The van der Waals surface area contributed by atoms with E-state index in [-0.39, 0.29) is 18.0 Å². The lowest BCUT2D eigenvalue weighted by Crippen LogP contribution is -2.33. The van der Waals surface area contributed by atoms with Crippen molar-refractivity contribution in [2.24, 2.45) is 11.8 Å². The molecule has 0 aromatic heterocycles.